The molecule has 0 fully saturated rings. The Morgan fingerprint density at radius 3 is 2.47 bits per heavy atom. The van der Waals surface area contributed by atoms with Crippen molar-refractivity contribution in [3.63, 3.8) is 0 Å². The first-order chi connectivity index (χ1) is 14.4. The number of hydrazine groups is 1. The van der Waals surface area contributed by atoms with Crippen LogP contribution in [0, 0.1) is 0 Å². The fraction of sp³-hybridized carbons (Fsp3) is 0.150. The number of H-pyrrole nitrogens is 1. The van der Waals surface area contributed by atoms with Crippen LogP contribution in [0.15, 0.2) is 65.1 Å². The molecule has 1 amide bonds. The number of fused-ring (bicyclic) bond motifs is 1. The number of nitrogens with two attached hydrogens (primary N) is 2. The Labute approximate surface area is 170 Å². The van der Waals surface area contributed by atoms with E-state index in [0.29, 0.717) is 27.7 Å². The number of halogens is 2. The van der Waals surface area contributed by atoms with Gasteiger partial charge in [-0.25, -0.2) is 24.7 Å². The van der Waals surface area contributed by atoms with Gasteiger partial charge in [0.1, 0.15) is 0 Å². The Bertz CT molecular complexity index is 1130. The van der Waals surface area contributed by atoms with Crippen LogP contribution in [-0.2, 0) is 4.79 Å². The highest BCUT2D eigenvalue weighted by Crippen LogP contribution is 2.26. The number of nitrogens with zero attached hydrogens (tertiary/aromatic N) is 2. The lowest BCUT2D eigenvalue weighted by Gasteiger charge is -2.20. The average Bonchev–Trinajstić information content (AvgIpc) is 2.76. The predicted molar refractivity (Wildman–Crippen MR) is 111 cm³/mol. The number of aromatic nitrogens is 2. The second-order valence-electron chi connectivity index (χ2n) is 6.29. The number of amides is 1. The molecule has 1 heterocycles. The molecule has 0 spiro atoms. The molecule has 3 rings (SSSR count). The minimum absolute atomic E-state index is 0.0188. The molecule has 0 bridgehead atoms. The first kappa shape index (κ1) is 21.1. The first-order valence-electron chi connectivity index (χ1n) is 9.01. The Balaban J connectivity index is 1.87. The molecule has 0 atom stereocenters. The minimum atomic E-state index is -2.64. The summed E-state index contributed by atoms with van der Waals surface area (Å²) in [6.07, 6.45) is -1.35. The van der Waals surface area contributed by atoms with Crippen LogP contribution < -0.4 is 27.5 Å². The van der Waals surface area contributed by atoms with E-state index in [4.69, 9.17) is 11.6 Å². The lowest BCUT2D eigenvalue weighted by Crippen LogP contribution is -2.42. The van der Waals surface area contributed by atoms with Crippen molar-refractivity contribution in [1.82, 2.24) is 15.5 Å². The Kier molecular flexibility index (Phi) is 6.50. The van der Waals surface area contributed by atoms with Crippen LogP contribution in [0.2, 0.25) is 0 Å². The van der Waals surface area contributed by atoms with Crippen molar-refractivity contribution in [1.29, 1.82) is 0 Å². The van der Waals surface area contributed by atoms with Crippen molar-refractivity contribution in [2.45, 2.75) is 6.43 Å². The number of benzene rings is 2. The van der Waals surface area contributed by atoms with Crippen molar-refractivity contribution in [2.75, 3.05) is 18.1 Å². The number of carbonyl (C=O) groups excluding carboxylic acids is 1. The molecule has 0 aliphatic heterocycles. The quantitative estimate of drug-likeness (QED) is 0.201. The summed E-state index contributed by atoms with van der Waals surface area (Å²) in [5, 5.41) is 11.0. The molecule has 8 nitrogen and oxygen atoms in total. The molecule has 3 aromatic rings. The molecule has 0 saturated heterocycles. The van der Waals surface area contributed by atoms with Crippen LogP contribution in [-0.4, -0.2) is 35.6 Å². The third-order valence-electron chi connectivity index (χ3n) is 4.33. The van der Waals surface area contributed by atoms with E-state index in [0.717, 1.165) is 5.01 Å². The van der Waals surface area contributed by atoms with E-state index < -0.39 is 18.9 Å². The van der Waals surface area contributed by atoms with E-state index in [-0.39, 0.29) is 17.8 Å². The molecule has 156 valence electrons. The summed E-state index contributed by atoms with van der Waals surface area (Å²) in [6.45, 7) is -0.718. The molecule has 10 heteroatoms. The summed E-state index contributed by atoms with van der Waals surface area (Å²) >= 11 is 0. The van der Waals surface area contributed by atoms with Gasteiger partial charge >= 0.3 is 0 Å². The van der Waals surface area contributed by atoms with Gasteiger partial charge in [0.2, 0.25) is 0 Å². The van der Waals surface area contributed by atoms with Gasteiger partial charge in [-0.05, 0) is 24.3 Å². The van der Waals surface area contributed by atoms with Crippen LogP contribution in [0.5, 0.6) is 0 Å². The summed E-state index contributed by atoms with van der Waals surface area (Å²) in [5.41, 5.74) is 6.59. The van der Waals surface area contributed by atoms with Crippen molar-refractivity contribution in [3.05, 3.63) is 70.7 Å². The lowest BCUT2D eigenvalue weighted by atomic mass is 10.0. The number of hydrogen-bond acceptors (Lipinski definition) is 6. The topological polar surface area (TPSA) is 130 Å². The molecule has 0 radical (unpaired) electrons. The molecule has 30 heavy (non-hydrogen) atoms. The fourth-order valence-electron chi connectivity index (χ4n) is 2.90. The van der Waals surface area contributed by atoms with Crippen LogP contribution in [0.4, 0.5) is 14.5 Å². The number of aromatic amines is 1. The molecule has 0 aliphatic rings. The summed E-state index contributed by atoms with van der Waals surface area (Å²) in [7, 11) is 0. The van der Waals surface area contributed by atoms with Gasteiger partial charge in [-0.2, -0.15) is 5.10 Å². The van der Waals surface area contributed by atoms with Crippen LogP contribution in [0.25, 0.3) is 22.0 Å². The van der Waals surface area contributed by atoms with Crippen LogP contribution >= 0.6 is 0 Å². The van der Waals surface area contributed by atoms with Gasteiger partial charge in [0.25, 0.3) is 17.9 Å². The Hall–Kier alpha value is -3.63. The van der Waals surface area contributed by atoms with E-state index in [1.54, 1.807) is 48.5 Å². The summed E-state index contributed by atoms with van der Waals surface area (Å²) in [5.74, 6) is 5.18. The predicted octanol–water partition coefficient (Wildman–Crippen LogP) is 1.49. The second kappa shape index (κ2) is 9.25. The highest BCUT2D eigenvalue weighted by atomic mass is 19.3. The minimum Gasteiger partial charge on any atom is -0.375 e. The maximum atomic E-state index is 12.5. The van der Waals surface area contributed by atoms with E-state index in [1.807, 2.05) is 0 Å². The summed E-state index contributed by atoms with van der Waals surface area (Å²) < 4.78 is 24.9. The molecule has 1 aromatic heterocycles. The van der Waals surface area contributed by atoms with Crippen molar-refractivity contribution >= 4 is 22.4 Å². The zero-order valence-electron chi connectivity index (χ0n) is 15.8. The fourth-order valence-corrected chi connectivity index (χ4v) is 2.90. The maximum Gasteiger partial charge on any atom is 0.288 e. The number of carbonyl (C=O) groups is 1. The monoisotopic (exact) mass is 414 g/mol. The van der Waals surface area contributed by atoms with E-state index >= 15 is 0 Å². The molecule has 0 unspecified atom stereocenters. The van der Waals surface area contributed by atoms with Gasteiger partial charge in [0, 0.05) is 17.5 Å². The standard InChI is InChI=1S/C20H20F2N6O2/c21-17(22)11-25-16(9-10-23)20(30)28(24)13-7-5-12(6-8-13)18-14-3-1-2-4-15(14)19(29)27-26-18/h1-9,17,25H,10-11,23-24H2,(H,27,29)/b16-9-. The zero-order valence-corrected chi connectivity index (χ0v) is 15.8. The smallest absolute Gasteiger partial charge is 0.288 e. The molecular weight excluding hydrogens is 394 g/mol. The Morgan fingerprint density at radius 1 is 1.17 bits per heavy atom. The molecule has 2 aromatic carbocycles. The van der Waals surface area contributed by atoms with Gasteiger partial charge in [-0.15, -0.1) is 0 Å². The van der Waals surface area contributed by atoms with Crippen molar-refractivity contribution in [3.8, 4) is 11.3 Å². The number of rotatable bonds is 7. The molecular formula is C20H20F2N6O2. The number of alkyl halides is 2. The molecule has 0 aliphatic carbocycles. The van der Waals surface area contributed by atoms with Crippen LogP contribution in [0.1, 0.15) is 0 Å². The van der Waals surface area contributed by atoms with Gasteiger partial charge in [-0.1, -0.05) is 30.3 Å². The summed E-state index contributed by atoms with van der Waals surface area (Å²) in [6, 6.07) is 13.6. The molecule has 6 N–H and O–H groups in total. The highest BCUT2D eigenvalue weighted by Gasteiger charge is 2.18. The number of hydrogen-bond donors (Lipinski definition) is 4. The first-order valence-corrected chi connectivity index (χ1v) is 9.01. The largest absolute Gasteiger partial charge is 0.375 e. The summed E-state index contributed by atoms with van der Waals surface area (Å²) in [4.78, 5) is 24.5. The highest BCUT2D eigenvalue weighted by molar-refractivity contribution is 6.04. The number of nitrogens with one attached hydrogen (secondary N) is 2. The normalized spacial score (nSPS) is 11.7. The van der Waals surface area contributed by atoms with E-state index in [1.165, 1.54) is 6.08 Å². The van der Waals surface area contributed by atoms with Crippen LogP contribution in [0.3, 0.4) is 0 Å². The molecule has 0 saturated carbocycles. The van der Waals surface area contributed by atoms with Gasteiger partial charge in [-0.3, -0.25) is 9.59 Å². The Morgan fingerprint density at radius 2 is 1.83 bits per heavy atom. The van der Waals surface area contributed by atoms with E-state index in [9.17, 15) is 18.4 Å². The lowest BCUT2D eigenvalue weighted by molar-refractivity contribution is -0.115. The zero-order chi connectivity index (χ0) is 21.7. The number of anilines is 1. The van der Waals surface area contributed by atoms with E-state index in [2.05, 4.69) is 15.5 Å². The third-order valence-corrected chi connectivity index (χ3v) is 4.33. The maximum absolute atomic E-state index is 12.5. The third kappa shape index (κ3) is 4.50. The SMILES string of the molecule is NC/C=C(\NCC(F)F)C(=O)N(N)c1ccc(-c2n[nH]c(=O)c3ccccc23)cc1. The van der Waals surface area contributed by atoms with Crippen molar-refractivity contribution in [2.24, 2.45) is 11.6 Å². The van der Waals surface area contributed by atoms with Gasteiger partial charge < -0.3 is 11.1 Å². The van der Waals surface area contributed by atoms with Gasteiger partial charge in [0.05, 0.1) is 29.0 Å². The second-order valence-corrected chi connectivity index (χ2v) is 6.29. The van der Waals surface area contributed by atoms with Crippen molar-refractivity contribution < 1.29 is 13.6 Å². The average molecular weight is 414 g/mol. The van der Waals surface area contributed by atoms with Gasteiger partial charge in [0.15, 0.2) is 0 Å².